The molecule has 3 rings (SSSR count). The molecular weight excluding hydrogens is 216 g/mol. The number of benzene rings is 2. The van der Waals surface area contributed by atoms with Crippen LogP contribution in [0.4, 0.5) is 0 Å². The molecule has 0 radical (unpaired) electrons. The van der Waals surface area contributed by atoms with Crippen LogP contribution in [0.2, 0.25) is 0 Å². The van der Waals surface area contributed by atoms with Gasteiger partial charge in [-0.15, -0.1) is 0 Å². The van der Waals surface area contributed by atoms with Crippen LogP contribution in [0.5, 0.6) is 0 Å². The topological polar surface area (TPSA) is 0 Å². The summed E-state index contributed by atoms with van der Waals surface area (Å²) in [4.78, 5) is 0. The van der Waals surface area contributed by atoms with Crippen molar-refractivity contribution >= 4 is 0 Å². The van der Waals surface area contributed by atoms with E-state index < -0.39 is 0 Å². The number of aryl methyl sites for hydroxylation is 1. The number of allylic oxidation sites excluding steroid dienone is 1. The summed E-state index contributed by atoms with van der Waals surface area (Å²) in [6.07, 6.45) is 1.05. The average Bonchev–Trinajstić information content (AvgIpc) is 2.66. The molecule has 1 unspecified atom stereocenters. The largest absolute Gasteiger partial charge is 0.0989 e. The van der Waals surface area contributed by atoms with Crippen molar-refractivity contribution in [2.24, 2.45) is 0 Å². The highest BCUT2D eigenvalue weighted by atomic mass is 14.3. The van der Waals surface area contributed by atoms with Gasteiger partial charge < -0.3 is 0 Å². The lowest BCUT2D eigenvalue weighted by molar-refractivity contribution is 0.932. The van der Waals surface area contributed by atoms with Crippen LogP contribution in [0.15, 0.2) is 54.6 Å². The minimum atomic E-state index is 0.505. The third-order valence-corrected chi connectivity index (χ3v) is 4.03. The minimum Gasteiger partial charge on any atom is -0.0989 e. The van der Waals surface area contributed by atoms with Gasteiger partial charge in [-0.2, -0.15) is 0 Å². The molecule has 0 saturated heterocycles. The molecule has 0 saturated carbocycles. The van der Waals surface area contributed by atoms with Gasteiger partial charge in [0.25, 0.3) is 0 Å². The van der Waals surface area contributed by atoms with Crippen molar-refractivity contribution in [3.8, 4) is 11.1 Å². The molecule has 0 heterocycles. The summed E-state index contributed by atoms with van der Waals surface area (Å²) in [5, 5.41) is 0. The predicted octanol–water partition coefficient (Wildman–Crippen LogP) is 4.88. The zero-order valence-corrected chi connectivity index (χ0v) is 11.0. The van der Waals surface area contributed by atoms with E-state index in [1.54, 1.807) is 0 Å². The van der Waals surface area contributed by atoms with Gasteiger partial charge in [-0.05, 0) is 35.6 Å². The molecule has 1 aliphatic rings. The Morgan fingerprint density at radius 3 is 2.39 bits per heavy atom. The van der Waals surface area contributed by atoms with Gasteiger partial charge >= 0.3 is 0 Å². The summed E-state index contributed by atoms with van der Waals surface area (Å²) >= 11 is 0. The molecule has 0 bridgehead atoms. The van der Waals surface area contributed by atoms with E-state index in [0.717, 1.165) is 6.42 Å². The predicted molar refractivity (Wildman–Crippen MR) is 77.9 cm³/mol. The molecular formula is C18H18. The molecule has 18 heavy (non-hydrogen) atoms. The first-order valence-corrected chi connectivity index (χ1v) is 6.52. The first-order valence-electron chi connectivity index (χ1n) is 6.52. The fraction of sp³-hybridized carbons (Fsp3) is 0.222. The molecule has 0 heteroatoms. The molecule has 0 spiro atoms. The van der Waals surface area contributed by atoms with E-state index in [4.69, 9.17) is 0 Å². The Labute approximate surface area is 109 Å². The van der Waals surface area contributed by atoms with Crippen LogP contribution in [0.1, 0.15) is 29.5 Å². The number of hydrogen-bond acceptors (Lipinski definition) is 0. The lowest BCUT2D eigenvalue weighted by Gasteiger charge is -2.09. The highest BCUT2D eigenvalue weighted by molar-refractivity contribution is 5.66. The fourth-order valence-corrected chi connectivity index (χ4v) is 2.70. The quantitative estimate of drug-likeness (QED) is 0.617. The molecule has 0 aromatic heterocycles. The second-order valence-electron chi connectivity index (χ2n) is 5.34. The summed E-state index contributed by atoms with van der Waals surface area (Å²) in [5.74, 6) is 0.505. The van der Waals surface area contributed by atoms with E-state index in [9.17, 15) is 0 Å². The fourth-order valence-electron chi connectivity index (χ4n) is 2.70. The second-order valence-corrected chi connectivity index (χ2v) is 5.34. The van der Waals surface area contributed by atoms with Crippen LogP contribution >= 0.6 is 0 Å². The van der Waals surface area contributed by atoms with E-state index in [1.165, 1.54) is 33.4 Å². The van der Waals surface area contributed by atoms with E-state index in [-0.39, 0.29) is 0 Å². The first-order chi connectivity index (χ1) is 8.65. The van der Waals surface area contributed by atoms with Crippen molar-refractivity contribution in [1.82, 2.24) is 0 Å². The van der Waals surface area contributed by atoms with Gasteiger partial charge in [0, 0.05) is 5.92 Å². The lowest BCUT2D eigenvalue weighted by Crippen LogP contribution is -1.89. The normalized spacial score (nSPS) is 17.9. The summed E-state index contributed by atoms with van der Waals surface area (Å²) < 4.78 is 0. The van der Waals surface area contributed by atoms with Crippen LogP contribution in [0, 0.1) is 6.92 Å². The van der Waals surface area contributed by atoms with Crippen LogP contribution in [0.3, 0.4) is 0 Å². The van der Waals surface area contributed by atoms with Gasteiger partial charge in [0.15, 0.2) is 0 Å². The Morgan fingerprint density at radius 2 is 1.67 bits per heavy atom. The molecule has 0 aliphatic heterocycles. The van der Waals surface area contributed by atoms with Crippen molar-refractivity contribution in [1.29, 1.82) is 0 Å². The Balaban J connectivity index is 2.06. The summed E-state index contributed by atoms with van der Waals surface area (Å²) in [6.45, 7) is 8.54. The Hall–Kier alpha value is -1.82. The highest BCUT2D eigenvalue weighted by Crippen LogP contribution is 2.38. The zero-order valence-electron chi connectivity index (χ0n) is 11.0. The van der Waals surface area contributed by atoms with E-state index in [2.05, 4.69) is 62.9 Å². The molecule has 0 N–H and O–H groups in total. The first kappa shape index (κ1) is 11.3. The highest BCUT2D eigenvalue weighted by Gasteiger charge is 2.22. The van der Waals surface area contributed by atoms with E-state index in [0.29, 0.717) is 5.92 Å². The van der Waals surface area contributed by atoms with Gasteiger partial charge in [0.1, 0.15) is 0 Å². The van der Waals surface area contributed by atoms with Crippen molar-refractivity contribution in [3.05, 3.63) is 71.3 Å². The summed E-state index contributed by atoms with van der Waals surface area (Å²) in [6, 6.07) is 15.6. The molecule has 90 valence electrons. The van der Waals surface area contributed by atoms with Gasteiger partial charge in [-0.3, -0.25) is 0 Å². The van der Waals surface area contributed by atoms with E-state index in [1.807, 2.05) is 0 Å². The maximum Gasteiger partial charge on any atom is 0.00235 e. The van der Waals surface area contributed by atoms with E-state index >= 15 is 0 Å². The molecule has 2 aromatic rings. The maximum absolute atomic E-state index is 4.16. The average molecular weight is 234 g/mol. The summed E-state index contributed by atoms with van der Waals surface area (Å²) in [7, 11) is 0. The van der Waals surface area contributed by atoms with Crippen molar-refractivity contribution < 1.29 is 0 Å². The number of fused-ring (bicyclic) bond motifs is 1. The summed E-state index contributed by atoms with van der Waals surface area (Å²) in [5.41, 5.74) is 8.16. The molecule has 2 aromatic carbocycles. The van der Waals surface area contributed by atoms with Gasteiger partial charge in [0.2, 0.25) is 0 Å². The van der Waals surface area contributed by atoms with Crippen LogP contribution in [-0.4, -0.2) is 0 Å². The standard InChI is InChI=1S/C18H18/c1-12-4-6-15(7-5-12)16-8-9-17-10-13(2)14(3)18(17)11-16/h4-9,11,14H,2,10H2,1,3H3. The van der Waals surface area contributed by atoms with Crippen molar-refractivity contribution in [2.45, 2.75) is 26.2 Å². The SMILES string of the molecule is C=C1Cc2ccc(-c3ccc(C)cc3)cc2C1C. The van der Waals surface area contributed by atoms with Crippen LogP contribution < -0.4 is 0 Å². The molecule has 1 atom stereocenters. The van der Waals surface area contributed by atoms with Gasteiger partial charge in [-0.25, -0.2) is 0 Å². The molecule has 0 fully saturated rings. The smallest absolute Gasteiger partial charge is 0.00235 e. The maximum atomic E-state index is 4.16. The van der Waals surface area contributed by atoms with Gasteiger partial charge in [-0.1, -0.05) is 67.1 Å². The van der Waals surface area contributed by atoms with Crippen LogP contribution in [-0.2, 0) is 6.42 Å². The molecule has 0 nitrogen and oxygen atoms in total. The second kappa shape index (κ2) is 4.13. The number of hydrogen-bond donors (Lipinski definition) is 0. The lowest BCUT2D eigenvalue weighted by atomic mass is 9.96. The Kier molecular flexibility index (Phi) is 2.59. The third-order valence-electron chi connectivity index (χ3n) is 4.03. The Morgan fingerprint density at radius 1 is 1.00 bits per heavy atom. The van der Waals surface area contributed by atoms with Crippen molar-refractivity contribution in [2.75, 3.05) is 0 Å². The van der Waals surface area contributed by atoms with Crippen LogP contribution in [0.25, 0.3) is 11.1 Å². The number of rotatable bonds is 1. The zero-order chi connectivity index (χ0) is 12.7. The molecule has 1 aliphatic carbocycles. The third kappa shape index (κ3) is 1.78. The Bertz CT molecular complexity index is 602. The molecule has 0 amide bonds. The van der Waals surface area contributed by atoms with Crippen molar-refractivity contribution in [3.63, 3.8) is 0 Å². The minimum absolute atomic E-state index is 0.505. The van der Waals surface area contributed by atoms with Gasteiger partial charge in [0.05, 0.1) is 0 Å². The monoisotopic (exact) mass is 234 g/mol.